The molecule has 0 atom stereocenters. The highest BCUT2D eigenvalue weighted by molar-refractivity contribution is 5.66. The van der Waals surface area contributed by atoms with Gasteiger partial charge in [0, 0.05) is 18.0 Å². The van der Waals surface area contributed by atoms with Crippen molar-refractivity contribution < 1.29 is 9.47 Å². The number of rotatable bonds is 6. The lowest BCUT2D eigenvalue weighted by atomic mass is 9.87. The molecule has 0 amide bonds. The fraction of sp³-hybridized carbons (Fsp3) is 0.273. The largest absolute Gasteiger partial charge is 0.497 e. The number of anilines is 4. The van der Waals surface area contributed by atoms with Crippen LogP contribution in [0.1, 0.15) is 26.3 Å². The standard InChI is InChI=1S/C22H26N4O2/c1-22(2,3)15-6-8-16(9-7-15)24-21-23-13-12-20(26-21)25-18-11-10-17(27-4)14-19(18)28-5/h6-14H,1-5H3,(H2,23,24,25,26). The summed E-state index contributed by atoms with van der Waals surface area (Å²) in [6.45, 7) is 6.59. The Bertz CT molecular complexity index is 934. The number of nitrogens with zero attached hydrogens (tertiary/aromatic N) is 2. The maximum Gasteiger partial charge on any atom is 0.229 e. The normalized spacial score (nSPS) is 11.0. The first-order valence-electron chi connectivity index (χ1n) is 9.09. The third-order valence-corrected chi connectivity index (χ3v) is 4.33. The molecule has 2 aromatic carbocycles. The summed E-state index contributed by atoms with van der Waals surface area (Å²) in [6.07, 6.45) is 1.71. The van der Waals surface area contributed by atoms with E-state index in [0.29, 0.717) is 17.5 Å². The van der Waals surface area contributed by atoms with Gasteiger partial charge in [-0.3, -0.25) is 0 Å². The molecule has 3 aromatic rings. The molecular formula is C22H26N4O2. The van der Waals surface area contributed by atoms with Gasteiger partial charge in [0.2, 0.25) is 5.95 Å². The molecular weight excluding hydrogens is 352 g/mol. The van der Waals surface area contributed by atoms with Gasteiger partial charge in [-0.1, -0.05) is 32.9 Å². The molecule has 0 aliphatic heterocycles. The van der Waals surface area contributed by atoms with Gasteiger partial charge in [0.15, 0.2) is 0 Å². The second kappa shape index (κ2) is 8.17. The highest BCUT2D eigenvalue weighted by atomic mass is 16.5. The summed E-state index contributed by atoms with van der Waals surface area (Å²) < 4.78 is 10.7. The molecule has 0 aliphatic rings. The molecule has 0 saturated carbocycles. The summed E-state index contributed by atoms with van der Waals surface area (Å²) in [4.78, 5) is 8.84. The summed E-state index contributed by atoms with van der Waals surface area (Å²) in [5, 5.41) is 6.50. The number of methoxy groups -OCH3 is 2. The first-order valence-corrected chi connectivity index (χ1v) is 9.09. The van der Waals surface area contributed by atoms with E-state index in [1.54, 1.807) is 26.5 Å². The zero-order valence-corrected chi connectivity index (χ0v) is 16.9. The molecule has 0 bridgehead atoms. The zero-order valence-electron chi connectivity index (χ0n) is 16.9. The van der Waals surface area contributed by atoms with Gasteiger partial charge in [0.05, 0.1) is 19.9 Å². The molecule has 6 heteroatoms. The van der Waals surface area contributed by atoms with E-state index < -0.39 is 0 Å². The van der Waals surface area contributed by atoms with E-state index in [2.05, 4.69) is 53.5 Å². The highest BCUT2D eigenvalue weighted by Crippen LogP contribution is 2.31. The van der Waals surface area contributed by atoms with Gasteiger partial charge in [-0.05, 0) is 41.3 Å². The van der Waals surface area contributed by atoms with Crippen molar-refractivity contribution in [1.82, 2.24) is 9.97 Å². The van der Waals surface area contributed by atoms with Crippen LogP contribution in [0.15, 0.2) is 54.7 Å². The third-order valence-electron chi connectivity index (χ3n) is 4.33. The van der Waals surface area contributed by atoms with Crippen molar-refractivity contribution in [3.63, 3.8) is 0 Å². The summed E-state index contributed by atoms with van der Waals surface area (Å²) >= 11 is 0. The Morgan fingerprint density at radius 1 is 0.857 bits per heavy atom. The van der Waals surface area contributed by atoms with E-state index in [4.69, 9.17) is 9.47 Å². The predicted molar refractivity (Wildman–Crippen MR) is 113 cm³/mol. The Morgan fingerprint density at radius 3 is 2.25 bits per heavy atom. The molecule has 146 valence electrons. The van der Waals surface area contributed by atoms with Crippen LogP contribution in [0.25, 0.3) is 0 Å². The van der Waals surface area contributed by atoms with Gasteiger partial charge >= 0.3 is 0 Å². The van der Waals surface area contributed by atoms with Crippen molar-refractivity contribution in [1.29, 1.82) is 0 Å². The van der Waals surface area contributed by atoms with Gasteiger partial charge < -0.3 is 20.1 Å². The Hall–Kier alpha value is -3.28. The summed E-state index contributed by atoms with van der Waals surface area (Å²) in [5.41, 5.74) is 3.13. The Balaban J connectivity index is 1.76. The maximum absolute atomic E-state index is 5.42. The fourth-order valence-electron chi connectivity index (χ4n) is 2.71. The molecule has 0 spiro atoms. The van der Waals surface area contributed by atoms with Crippen LogP contribution in [0.2, 0.25) is 0 Å². The van der Waals surface area contributed by atoms with Crippen molar-refractivity contribution in [2.24, 2.45) is 0 Å². The molecule has 28 heavy (non-hydrogen) atoms. The fourth-order valence-corrected chi connectivity index (χ4v) is 2.71. The molecule has 2 N–H and O–H groups in total. The van der Waals surface area contributed by atoms with Crippen LogP contribution in [0.4, 0.5) is 23.1 Å². The monoisotopic (exact) mass is 378 g/mol. The number of hydrogen-bond donors (Lipinski definition) is 2. The van der Waals surface area contributed by atoms with E-state index in [0.717, 1.165) is 17.1 Å². The van der Waals surface area contributed by atoms with Crippen LogP contribution in [0.3, 0.4) is 0 Å². The van der Waals surface area contributed by atoms with Gasteiger partial charge in [0.25, 0.3) is 0 Å². The molecule has 3 rings (SSSR count). The lowest BCUT2D eigenvalue weighted by Gasteiger charge is -2.19. The predicted octanol–water partition coefficient (Wildman–Crippen LogP) is 5.28. The Morgan fingerprint density at radius 2 is 1.61 bits per heavy atom. The van der Waals surface area contributed by atoms with Crippen LogP contribution in [-0.2, 0) is 5.41 Å². The quantitative estimate of drug-likeness (QED) is 0.608. The number of aromatic nitrogens is 2. The van der Waals surface area contributed by atoms with E-state index in [-0.39, 0.29) is 5.41 Å². The summed E-state index contributed by atoms with van der Waals surface area (Å²) in [7, 11) is 3.24. The number of benzene rings is 2. The maximum atomic E-state index is 5.42. The first-order chi connectivity index (χ1) is 13.4. The average Bonchev–Trinajstić information content (AvgIpc) is 2.68. The topological polar surface area (TPSA) is 68.3 Å². The van der Waals surface area contributed by atoms with E-state index in [1.807, 2.05) is 30.3 Å². The van der Waals surface area contributed by atoms with Crippen molar-refractivity contribution >= 4 is 23.1 Å². The SMILES string of the molecule is COc1ccc(Nc2ccnc(Nc3ccc(C(C)(C)C)cc3)n2)c(OC)c1. The van der Waals surface area contributed by atoms with Crippen LogP contribution in [-0.4, -0.2) is 24.2 Å². The van der Waals surface area contributed by atoms with Gasteiger partial charge in [-0.25, -0.2) is 4.98 Å². The van der Waals surface area contributed by atoms with Gasteiger partial charge in [0.1, 0.15) is 17.3 Å². The van der Waals surface area contributed by atoms with Crippen molar-refractivity contribution in [3.05, 3.63) is 60.3 Å². The van der Waals surface area contributed by atoms with Gasteiger partial charge in [-0.2, -0.15) is 4.98 Å². The van der Waals surface area contributed by atoms with E-state index >= 15 is 0 Å². The molecule has 0 fully saturated rings. The Kier molecular flexibility index (Phi) is 5.68. The van der Waals surface area contributed by atoms with Crippen LogP contribution >= 0.6 is 0 Å². The molecule has 1 heterocycles. The van der Waals surface area contributed by atoms with Crippen molar-refractivity contribution in [3.8, 4) is 11.5 Å². The van der Waals surface area contributed by atoms with Crippen LogP contribution in [0, 0.1) is 0 Å². The number of ether oxygens (including phenoxy) is 2. The van der Waals surface area contributed by atoms with Crippen LogP contribution < -0.4 is 20.1 Å². The summed E-state index contributed by atoms with van der Waals surface area (Å²) in [5.74, 6) is 2.57. The average molecular weight is 378 g/mol. The summed E-state index contributed by atoms with van der Waals surface area (Å²) in [6, 6.07) is 15.7. The van der Waals surface area contributed by atoms with E-state index in [9.17, 15) is 0 Å². The van der Waals surface area contributed by atoms with Crippen molar-refractivity contribution in [2.75, 3.05) is 24.9 Å². The Labute approximate surface area is 166 Å². The van der Waals surface area contributed by atoms with Crippen LogP contribution in [0.5, 0.6) is 11.5 Å². The second-order valence-electron chi connectivity index (χ2n) is 7.41. The molecule has 1 aromatic heterocycles. The number of nitrogens with one attached hydrogen (secondary N) is 2. The van der Waals surface area contributed by atoms with Gasteiger partial charge in [-0.15, -0.1) is 0 Å². The highest BCUT2D eigenvalue weighted by Gasteiger charge is 2.13. The molecule has 0 radical (unpaired) electrons. The number of hydrogen-bond acceptors (Lipinski definition) is 6. The van der Waals surface area contributed by atoms with E-state index in [1.165, 1.54) is 5.56 Å². The molecule has 0 saturated heterocycles. The third kappa shape index (κ3) is 4.71. The second-order valence-corrected chi connectivity index (χ2v) is 7.41. The minimum Gasteiger partial charge on any atom is -0.497 e. The first kappa shape index (κ1) is 19.5. The van der Waals surface area contributed by atoms with Crippen molar-refractivity contribution in [2.45, 2.75) is 26.2 Å². The smallest absolute Gasteiger partial charge is 0.229 e. The lowest BCUT2D eigenvalue weighted by molar-refractivity contribution is 0.395. The molecule has 0 aliphatic carbocycles. The minimum absolute atomic E-state index is 0.121. The zero-order chi connectivity index (χ0) is 20.1. The molecule has 0 unspecified atom stereocenters. The molecule has 6 nitrogen and oxygen atoms in total. The lowest BCUT2D eigenvalue weighted by Crippen LogP contribution is -2.10. The minimum atomic E-state index is 0.121.